The lowest BCUT2D eigenvalue weighted by atomic mass is 10.2. The second-order valence-corrected chi connectivity index (χ2v) is 9.02. The Balaban J connectivity index is 1.19. The van der Waals surface area contributed by atoms with Gasteiger partial charge in [-0.25, -0.2) is 4.98 Å². The van der Waals surface area contributed by atoms with E-state index in [1.54, 1.807) is 23.1 Å². The fraction of sp³-hybridized carbons (Fsp3) is 0.421. The highest BCUT2D eigenvalue weighted by Crippen LogP contribution is 2.46. The van der Waals surface area contributed by atoms with Crippen molar-refractivity contribution in [1.29, 1.82) is 0 Å². The normalized spacial score (nSPS) is 18.2. The van der Waals surface area contributed by atoms with Crippen LogP contribution in [0, 0.1) is 0 Å². The number of fused-ring (bicyclic) bond motifs is 1. The molecule has 2 aromatic heterocycles. The Morgan fingerprint density at radius 2 is 2.00 bits per heavy atom. The summed E-state index contributed by atoms with van der Waals surface area (Å²) in [5.74, 6) is 4.26. The van der Waals surface area contributed by atoms with E-state index < -0.39 is 0 Å². The van der Waals surface area contributed by atoms with E-state index in [-0.39, 0.29) is 0 Å². The van der Waals surface area contributed by atoms with E-state index in [2.05, 4.69) is 20.1 Å². The van der Waals surface area contributed by atoms with Crippen molar-refractivity contribution in [2.75, 3.05) is 6.79 Å². The maximum Gasteiger partial charge on any atom is 0.231 e. The molecule has 27 heavy (non-hydrogen) atoms. The fourth-order valence-corrected chi connectivity index (χ4v) is 5.18. The van der Waals surface area contributed by atoms with Crippen LogP contribution in [-0.4, -0.2) is 26.5 Å². The number of hydrogen-bond donors (Lipinski definition) is 0. The van der Waals surface area contributed by atoms with Gasteiger partial charge in [0.2, 0.25) is 6.79 Å². The van der Waals surface area contributed by atoms with Gasteiger partial charge in [-0.2, -0.15) is 0 Å². The molecule has 0 amide bonds. The van der Waals surface area contributed by atoms with E-state index in [1.807, 2.05) is 18.2 Å². The monoisotopic (exact) mass is 398 g/mol. The van der Waals surface area contributed by atoms with Crippen LogP contribution in [0.4, 0.5) is 0 Å². The molecule has 3 aliphatic rings. The van der Waals surface area contributed by atoms with Gasteiger partial charge in [-0.3, -0.25) is 0 Å². The van der Waals surface area contributed by atoms with E-state index in [1.165, 1.54) is 31.5 Å². The average Bonchev–Trinajstić information content (AvgIpc) is 3.57. The Morgan fingerprint density at radius 3 is 2.85 bits per heavy atom. The first-order chi connectivity index (χ1) is 13.3. The number of hydrogen-bond acceptors (Lipinski definition) is 7. The fourth-order valence-electron chi connectivity index (χ4n) is 3.36. The Bertz CT molecular complexity index is 1010. The van der Waals surface area contributed by atoms with Gasteiger partial charge < -0.3 is 14.0 Å². The minimum Gasteiger partial charge on any atom is -0.454 e. The SMILES string of the molecule is c1cc2c(cc1-c1nc(CSc3nnc(C4CC4)n3C3CC3)cs1)OCO2. The highest BCUT2D eigenvalue weighted by molar-refractivity contribution is 7.98. The molecule has 1 aliphatic heterocycles. The minimum atomic E-state index is 0.295. The van der Waals surface area contributed by atoms with Gasteiger partial charge in [0, 0.05) is 28.7 Å². The summed E-state index contributed by atoms with van der Waals surface area (Å²) in [6.45, 7) is 0.295. The smallest absolute Gasteiger partial charge is 0.231 e. The summed E-state index contributed by atoms with van der Waals surface area (Å²) >= 11 is 3.41. The van der Waals surface area contributed by atoms with Gasteiger partial charge in [0.25, 0.3) is 0 Å². The Labute approximate surface area is 164 Å². The van der Waals surface area contributed by atoms with Crippen molar-refractivity contribution in [3.8, 4) is 22.1 Å². The second-order valence-electron chi connectivity index (χ2n) is 7.22. The van der Waals surface area contributed by atoms with Crippen molar-refractivity contribution in [3.63, 3.8) is 0 Å². The Morgan fingerprint density at radius 1 is 1.11 bits per heavy atom. The number of rotatable bonds is 6. The molecular formula is C19H18N4O2S2. The van der Waals surface area contributed by atoms with Crippen LogP contribution in [0.3, 0.4) is 0 Å². The summed E-state index contributed by atoms with van der Waals surface area (Å²) < 4.78 is 13.3. The molecule has 0 spiro atoms. The van der Waals surface area contributed by atoms with E-state index in [0.29, 0.717) is 18.8 Å². The van der Waals surface area contributed by atoms with Crippen LogP contribution in [0.25, 0.3) is 10.6 Å². The van der Waals surface area contributed by atoms with Crippen molar-refractivity contribution < 1.29 is 9.47 Å². The molecule has 0 atom stereocenters. The van der Waals surface area contributed by atoms with Crippen LogP contribution in [0.15, 0.2) is 28.7 Å². The van der Waals surface area contributed by atoms with Crippen molar-refractivity contribution >= 4 is 23.1 Å². The molecule has 3 aromatic rings. The molecule has 2 saturated carbocycles. The Kier molecular flexibility index (Phi) is 3.68. The summed E-state index contributed by atoms with van der Waals surface area (Å²) in [6, 6.07) is 6.61. The topological polar surface area (TPSA) is 62.1 Å². The van der Waals surface area contributed by atoms with Crippen LogP contribution >= 0.6 is 23.1 Å². The standard InChI is InChI=1S/C19H18N4O2S2/c1-2-11(1)17-21-22-19(23(17)14-4-5-14)27-9-13-8-26-18(20-13)12-3-6-15-16(7-12)25-10-24-15/h3,6-8,11,14H,1-2,4-5,9-10H2. The van der Waals surface area contributed by atoms with E-state index in [9.17, 15) is 0 Å². The number of nitrogens with zero attached hydrogens (tertiary/aromatic N) is 4. The van der Waals surface area contributed by atoms with Gasteiger partial charge in [0.1, 0.15) is 10.8 Å². The highest BCUT2D eigenvalue weighted by atomic mass is 32.2. The van der Waals surface area contributed by atoms with E-state index in [0.717, 1.165) is 38.7 Å². The predicted molar refractivity (Wildman–Crippen MR) is 104 cm³/mol. The van der Waals surface area contributed by atoms with Crippen molar-refractivity contribution in [2.24, 2.45) is 0 Å². The molecule has 1 aromatic carbocycles. The average molecular weight is 399 g/mol. The molecule has 3 heterocycles. The van der Waals surface area contributed by atoms with Crippen LogP contribution in [0.2, 0.25) is 0 Å². The van der Waals surface area contributed by atoms with Gasteiger partial charge in [-0.1, -0.05) is 11.8 Å². The third-order valence-corrected chi connectivity index (χ3v) is 6.98. The van der Waals surface area contributed by atoms with Crippen LogP contribution in [-0.2, 0) is 5.75 Å². The number of aromatic nitrogens is 4. The number of ether oxygens (including phenoxy) is 2. The summed E-state index contributed by atoms with van der Waals surface area (Å²) in [7, 11) is 0. The highest BCUT2D eigenvalue weighted by Gasteiger charge is 2.36. The molecule has 2 fully saturated rings. The zero-order valence-electron chi connectivity index (χ0n) is 14.6. The summed E-state index contributed by atoms with van der Waals surface area (Å²) in [4.78, 5) is 4.81. The third kappa shape index (κ3) is 3.00. The Hall–Kier alpha value is -2.06. The van der Waals surface area contributed by atoms with Gasteiger partial charge in [0.05, 0.1) is 5.69 Å². The second kappa shape index (κ2) is 6.24. The predicted octanol–water partition coefficient (Wildman–Crippen LogP) is 4.63. The summed E-state index contributed by atoms with van der Waals surface area (Å²) in [6.07, 6.45) is 5.05. The van der Waals surface area contributed by atoms with Crippen LogP contribution < -0.4 is 9.47 Å². The van der Waals surface area contributed by atoms with Gasteiger partial charge >= 0.3 is 0 Å². The first kappa shape index (κ1) is 15.9. The molecule has 8 heteroatoms. The maximum absolute atomic E-state index is 5.47. The molecule has 138 valence electrons. The molecule has 6 nitrogen and oxygen atoms in total. The molecule has 2 aliphatic carbocycles. The first-order valence-corrected chi connectivity index (χ1v) is 11.1. The van der Waals surface area contributed by atoms with Crippen LogP contribution in [0.1, 0.15) is 49.2 Å². The third-order valence-electron chi connectivity index (χ3n) is 5.07. The van der Waals surface area contributed by atoms with Gasteiger partial charge in [-0.05, 0) is 43.9 Å². The van der Waals surface area contributed by atoms with E-state index >= 15 is 0 Å². The molecular weight excluding hydrogens is 380 g/mol. The number of benzene rings is 1. The zero-order chi connectivity index (χ0) is 17.8. The lowest BCUT2D eigenvalue weighted by Gasteiger charge is -2.07. The van der Waals surface area contributed by atoms with Crippen molar-refractivity contribution in [1.82, 2.24) is 19.7 Å². The summed E-state index contributed by atoms with van der Waals surface area (Å²) in [5.41, 5.74) is 2.15. The molecule has 0 bridgehead atoms. The molecule has 0 N–H and O–H groups in total. The maximum atomic E-state index is 5.47. The minimum absolute atomic E-state index is 0.295. The lowest BCUT2D eigenvalue weighted by molar-refractivity contribution is 0.174. The molecule has 0 radical (unpaired) electrons. The van der Waals surface area contributed by atoms with E-state index in [4.69, 9.17) is 14.5 Å². The molecule has 0 unspecified atom stereocenters. The quantitative estimate of drug-likeness (QED) is 0.564. The first-order valence-electron chi connectivity index (χ1n) is 9.27. The number of thioether (sulfide) groups is 1. The largest absolute Gasteiger partial charge is 0.454 e. The van der Waals surface area contributed by atoms with Crippen molar-refractivity contribution in [3.05, 3.63) is 35.1 Å². The molecule has 6 rings (SSSR count). The van der Waals surface area contributed by atoms with Crippen LogP contribution in [0.5, 0.6) is 11.5 Å². The van der Waals surface area contributed by atoms with Gasteiger partial charge in [-0.15, -0.1) is 21.5 Å². The number of thiazole rings is 1. The van der Waals surface area contributed by atoms with Gasteiger partial charge in [0.15, 0.2) is 16.7 Å². The van der Waals surface area contributed by atoms with Crippen molar-refractivity contribution in [2.45, 2.75) is 48.6 Å². The summed E-state index contributed by atoms with van der Waals surface area (Å²) in [5, 5.41) is 13.2. The lowest BCUT2D eigenvalue weighted by Crippen LogP contribution is -2.01. The zero-order valence-corrected chi connectivity index (χ0v) is 16.3. The molecule has 0 saturated heterocycles.